The van der Waals surface area contributed by atoms with Crippen molar-refractivity contribution >= 4 is 12.0 Å². The van der Waals surface area contributed by atoms with Crippen LogP contribution in [0.2, 0.25) is 0 Å². The molecule has 0 aliphatic carbocycles. The minimum atomic E-state index is -0.794. The topological polar surface area (TPSA) is 69.6 Å². The highest BCUT2D eigenvalue weighted by Gasteiger charge is 2.19. The maximum absolute atomic E-state index is 11.9. The van der Waals surface area contributed by atoms with E-state index in [1.54, 1.807) is 0 Å². The number of nitrogens with zero attached hydrogens (tertiary/aromatic N) is 1. The molecule has 2 N–H and O–H groups in total. The molecule has 2 amide bonds. The second-order valence-electron chi connectivity index (χ2n) is 5.83. The maximum atomic E-state index is 11.9. The fourth-order valence-corrected chi connectivity index (χ4v) is 2.59. The van der Waals surface area contributed by atoms with Crippen molar-refractivity contribution in [2.75, 3.05) is 19.6 Å². The van der Waals surface area contributed by atoms with E-state index in [0.29, 0.717) is 12.5 Å². The molecule has 1 aliphatic rings. The zero-order valence-electron chi connectivity index (χ0n) is 12.0. The minimum absolute atomic E-state index is 0.0197. The number of likely N-dealkylation sites (tertiary alicyclic amines) is 1. The first-order valence-corrected chi connectivity index (χ1v) is 7.23. The van der Waals surface area contributed by atoms with Crippen molar-refractivity contribution in [1.82, 2.24) is 10.2 Å². The Kier molecular flexibility index (Phi) is 6.67. The monoisotopic (exact) mass is 270 g/mol. The van der Waals surface area contributed by atoms with Gasteiger partial charge in [-0.15, -0.1) is 0 Å². The number of rotatable bonds is 6. The molecular formula is C14H26N2O3. The number of nitrogens with one attached hydrogen (secondary N) is 1. The van der Waals surface area contributed by atoms with Crippen molar-refractivity contribution in [1.29, 1.82) is 0 Å². The summed E-state index contributed by atoms with van der Waals surface area (Å²) in [6.45, 7) is 6.24. The van der Waals surface area contributed by atoms with Crippen LogP contribution in [-0.4, -0.2) is 41.6 Å². The highest BCUT2D eigenvalue weighted by Crippen LogP contribution is 2.15. The lowest BCUT2D eigenvalue weighted by Gasteiger charge is -2.28. The van der Waals surface area contributed by atoms with E-state index in [4.69, 9.17) is 5.11 Å². The Balaban J connectivity index is 2.36. The average Bonchev–Trinajstić information content (AvgIpc) is 2.35. The molecule has 5 nitrogen and oxygen atoms in total. The summed E-state index contributed by atoms with van der Waals surface area (Å²) in [5.41, 5.74) is 0. The summed E-state index contributed by atoms with van der Waals surface area (Å²) in [7, 11) is 0. The van der Waals surface area contributed by atoms with Crippen LogP contribution < -0.4 is 5.32 Å². The summed E-state index contributed by atoms with van der Waals surface area (Å²) in [4.78, 5) is 24.6. The Bertz CT molecular complexity index is 299. The molecule has 0 aromatic carbocycles. The molecule has 1 saturated heterocycles. The number of urea groups is 1. The summed E-state index contributed by atoms with van der Waals surface area (Å²) < 4.78 is 0. The van der Waals surface area contributed by atoms with Gasteiger partial charge in [0.05, 0.1) is 0 Å². The van der Waals surface area contributed by atoms with E-state index in [2.05, 4.69) is 19.2 Å². The van der Waals surface area contributed by atoms with Gasteiger partial charge in [-0.2, -0.15) is 0 Å². The van der Waals surface area contributed by atoms with Gasteiger partial charge in [-0.3, -0.25) is 4.79 Å². The minimum Gasteiger partial charge on any atom is -0.481 e. The van der Waals surface area contributed by atoms with Gasteiger partial charge in [0.25, 0.3) is 0 Å². The van der Waals surface area contributed by atoms with E-state index < -0.39 is 5.97 Å². The molecule has 1 aliphatic heterocycles. The van der Waals surface area contributed by atoms with Crippen LogP contribution in [-0.2, 0) is 4.79 Å². The number of hydrogen-bond acceptors (Lipinski definition) is 2. The van der Waals surface area contributed by atoms with Crippen LogP contribution in [0.5, 0.6) is 0 Å². The molecule has 5 heteroatoms. The molecule has 1 atom stereocenters. The third-order valence-electron chi connectivity index (χ3n) is 3.45. The largest absolute Gasteiger partial charge is 0.481 e. The molecule has 1 heterocycles. The van der Waals surface area contributed by atoms with Crippen LogP contribution >= 0.6 is 0 Å². The van der Waals surface area contributed by atoms with Gasteiger partial charge in [0, 0.05) is 26.1 Å². The van der Waals surface area contributed by atoms with E-state index in [0.717, 1.165) is 32.4 Å². The Morgan fingerprint density at radius 1 is 1.21 bits per heavy atom. The van der Waals surface area contributed by atoms with Gasteiger partial charge >= 0.3 is 12.0 Å². The molecule has 0 saturated carbocycles. The van der Waals surface area contributed by atoms with Crippen LogP contribution in [0, 0.1) is 11.8 Å². The van der Waals surface area contributed by atoms with E-state index in [-0.39, 0.29) is 18.4 Å². The molecule has 0 unspecified atom stereocenters. The van der Waals surface area contributed by atoms with Gasteiger partial charge in [0.2, 0.25) is 0 Å². The number of carboxylic acids is 1. The number of carbonyl (C=O) groups is 2. The average molecular weight is 270 g/mol. The van der Waals surface area contributed by atoms with Crippen molar-refractivity contribution in [2.24, 2.45) is 11.8 Å². The van der Waals surface area contributed by atoms with E-state index in [9.17, 15) is 9.59 Å². The molecular weight excluding hydrogens is 244 g/mol. The first-order chi connectivity index (χ1) is 8.99. The fourth-order valence-electron chi connectivity index (χ4n) is 2.59. The number of aliphatic carboxylic acids is 1. The summed E-state index contributed by atoms with van der Waals surface area (Å²) in [6.07, 6.45) is 4.28. The molecule has 0 spiro atoms. The van der Waals surface area contributed by atoms with Crippen LogP contribution in [0.4, 0.5) is 4.79 Å². The van der Waals surface area contributed by atoms with Gasteiger partial charge in [0.1, 0.15) is 0 Å². The van der Waals surface area contributed by atoms with Gasteiger partial charge in [0.15, 0.2) is 0 Å². The van der Waals surface area contributed by atoms with Gasteiger partial charge < -0.3 is 15.3 Å². The number of hydrogen-bond donors (Lipinski definition) is 2. The smallest absolute Gasteiger partial charge is 0.317 e. The molecule has 0 aromatic heterocycles. The lowest BCUT2D eigenvalue weighted by atomic mass is 9.94. The predicted molar refractivity (Wildman–Crippen MR) is 74.0 cm³/mol. The van der Waals surface area contributed by atoms with E-state index in [1.807, 2.05) is 4.90 Å². The van der Waals surface area contributed by atoms with Gasteiger partial charge in [-0.25, -0.2) is 4.79 Å². The molecule has 19 heavy (non-hydrogen) atoms. The molecule has 0 aromatic rings. The van der Waals surface area contributed by atoms with Crippen molar-refractivity contribution in [2.45, 2.75) is 46.0 Å². The SMILES string of the molecule is CC(C)C[C@H](CNC(=O)N1CCCCC1)CC(=O)O. The lowest BCUT2D eigenvalue weighted by molar-refractivity contribution is -0.138. The molecule has 110 valence electrons. The number of carboxylic acid groups (broad SMARTS) is 1. The third kappa shape index (κ3) is 6.45. The summed E-state index contributed by atoms with van der Waals surface area (Å²) in [6, 6.07) is -0.0427. The molecule has 1 fully saturated rings. The second kappa shape index (κ2) is 8.02. The van der Waals surface area contributed by atoms with Crippen molar-refractivity contribution in [3.8, 4) is 0 Å². The van der Waals surface area contributed by atoms with Gasteiger partial charge in [-0.1, -0.05) is 13.8 Å². The van der Waals surface area contributed by atoms with Crippen LogP contribution in [0.3, 0.4) is 0 Å². The third-order valence-corrected chi connectivity index (χ3v) is 3.45. The standard InChI is InChI=1S/C14H26N2O3/c1-11(2)8-12(9-13(17)18)10-15-14(19)16-6-4-3-5-7-16/h11-12H,3-10H2,1-2H3,(H,15,19)(H,17,18)/t12-/m0/s1. The van der Waals surface area contributed by atoms with Crippen molar-refractivity contribution < 1.29 is 14.7 Å². The Morgan fingerprint density at radius 3 is 2.37 bits per heavy atom. The quantitative estimate of drug-likeness (QED) is 0.778. The van der Waals surface area contributed by atoms with Crippen LogP contribution in [0.1, 0.15) is 46.0 Å². The summed E-state index contributed by atoms with van der Waals surface area (Å²) >= 11 is 0. The Morgan fingerprint density at radius 2 is 1.84 bits per heavy atom. The maximum Gasteiger partial charge on any atom is 0.317 e. The van der Waals surface area contributed by atoms with Crippen molar-refractivity contribution in [3.05, 3.63) is 0 Å². The van der Waals surface area contributed by atoms with Crippen LogP contribution in [0.15, 0.2) is 0 Å². The first-order valence-electron chi connectivity index (χ1n) is 7.23. The zero-order valence-corrected chi connectivity index (χ0v) is 12.0. The molecule has 0 bridgehead atoms. The fraction of sp³-hybridized carbons (Fsp3) is 0.857. The number of carbonyl (C=O) groups excluding carboxylic acids is 1. The highest BCUT2D eigenvalue weighted by atomic mass is 16.4. The number of piperidine rings is 1. The zero-order chi connectivity index (χ0) is 14.3. The van der Waals surface area contributed by atoms with E-state index >= 15 is 0 Å². The lowest BCUT2D eigenvalue weighted by Crippen LogP contribution is -2.44. The van der Waals surface area contributed by atoms with Crippen LogP contribution in [0.25, 0.3) is 0 Å². The molecule has 1 rings (SSSR count). The number of amides is 2. The Labute approximate surface area is 115 Å². The Hall–Kier alpha value is -1.26. The summed E-state index contributed by atoms with van der Waals surface area (Å²) in [5.74, 6) is -0.333. The van der Waals surface area contributed by atoms with Gasteiger partial charge in [-0.05, 0) is 37.5 Å². The second-order valence-corrected chi connectivity index (χ2v) is 5.83. The van der Waals surface area contributed by atoms with E-state index in [1.165, 1.54) is 6.42 Å². The first kappa shape index (κ1) is 15.8. The summed E-state index contributed by atoms with van der Waals surface area (Å²) in [5, 5.41) is 11.8. The molecule has 0 radical (unpaired) electrons. The predicted octanol–water partition coefficient (Wildman–Crippen LogP) is 2.32. The van der Waals surface area contributed by atoms with Crippen molar-refractivity contribution in [3.63, 3.8) is 0 Å². The highest BCUT2D eigenvalue weighted by molar-refractivity contribution is 5.74. The normalized spacial score (nSPS) is 17.3.